The van der Waals surface area contributed by atoms with Crippen LogP contribution in [0.3, 0.4) is 0 Å². The molecule has 0 aliphatic carbocycles. The van der Waals surface area contributed by atoms with Gasteiger partial charge in [0.1, 0.15) is 5.82 Å². The van der Waals surface area contributed by atoms with Gasteiger partial charge in [0.25, 0.3) is 0 Å². The molecule has 0 bridgehead atoms. The van der Waals surface area contributed by atoms with Gasteiger partial charge in [-0.1, -0.05) is 11.6 Å². The number of nitrogens with zero attached hydrogens (tertiary/aromatic N) is 2. The van der Waals surface area contributed by atoms with Crippen LogP contribution >= 0.6 is 11.6 Å². The van der Waals surface area contributed by atoms with Crippen LogP contribution in [0.4, 0.5) is 4.39 Å². The first-order chi connectivity index (χ1) is 8.56. The van der Waals surface area contributed by atoms with Crippen LogP contribution in [0.15, 0.2) is 30.5 Å². The highest BCUT2D eigenvalue weighted by Crippen LogP contribution is 2.13. The van der Waals surface area contributed by atoms with Gasteiger partial charge in [-0.15, -0.1) is 0 Å². The number of halogens is 2. The fraction of sp³-hybridized carbons (Fsp3) is 0.231. The van der Waals surface area contributed by atoms with Gasteiger partial charge in [-0.05, 0) is 31.2 Å². The van der Waals surface area contributed by atoms with Gasteiger partial charge in [-0.25, -0.2) is 4.39 Å². The summed E-state index contributed by atoms with van der Waals surface area (Å²) >= 11 is 5.87. The summed E-state index contributed by atoms with van der Waals surface area (Å²) < 4.78 is 14.3. The van der Waals surface area contributed by atoms with E-state index in [1.54, 1.807) is 17.8 Å². The molecule has 1 heterocycles. The number of benzene rings is 1. The molecule has 0 radical (unpaired) electrons. The third kappa shape index (κ3) is 2.96. The van der Waals surface area contributed by atoms with Crippen molar-refractivity contribution in [2.75, 3.05) is 0 Å². The van der Waals surface area contributed by atoms with E-state index in [-0.39, 0.29) is 11.6 Å². The molecule has 2 aromatic rings. The molecule has 1 aromatic heterocycles. The second-order valence-corrected chi connectivity index (χ2v) is 4.41. The molecule has 18 heavy (non-hydrogen) atoms. The molecule has 0 amide bonds. The third-order valence-corrected chi connectivity index (χ3v) is 2.99. The van der Waals surface area contributed by atoms with E-state index in [9.17, 15) is 9.18 Å². The summed E-state index contributed by atoms with van der Waals surface area (Å²) in [5.41, 5.74) is 1.25. The third-order valence-electron chi connectivity index (χ3n) is 2.62. The van der Waals surface area contributed by atoms with E-state index in [1.807, 2.05) is 0 Å². The summed E-state index contributed by atoms with van der Waals surface area (Å²) in [5.74, 6) is -0.389. The van der Waals surface area contributed by atoms with Crippen molar-refractivity contribution >= 4 is 17.4 Å². The van der Waals surface area contributed by atoms with Crippen molar-refractivity contribution in [1.29, 1.82) is 0 Å². The Bertz CT molecular complexity index is 543. The molecular weight excluding hydrogens is 255 g/mol. The normalized spacial score (nSPS) is 10.6. The van der Waals surface area contributed by atoms with Crippen LogP contribution in [0.25, 0.3) is 0 Å². The van der Waals surface area contributed by atoms with Gasteiger partial charge < -0.3 is 0 Å². The highest BCUT2D eigenvalue weighted by Gasteiger charge is 2.08. The minimum Gasteiger partial charge on any atom is -0.294 e. The van der Waals surface area contributed by atoms with Crippen molar-refractivity contribution in [3.63, 3.8) is 0 Å². The number of carbonyl (C=O) groups is 1. The number of Topliss-reactive ketones (excluding diaryl/α,β-unsaturated/α-hetero) is 1. The molecule has 2 rings (SSSR count). The number of ketones is 1. The number of rotatable bonds is 4. The average molecular weight is 267 g/mol. The van der Waals surface area contributed by atoms with Crippen molar-refractivity contribution in [1.82, 2.24) is 9.78 Å². The predicted octanol–water partition coefficient (Wildman–Crippen LogP) is 3.26. The van der Waals surface area contributed by atoms with E-state index in [0.29, 0.717) is 23.6 Å². The van der Waals surface area contributed by atoms with Crippen molar-refractivity contribution < 1.29 is 9.18 Å². The molecule has 0 N–H and O–H groups in total. The Morgan fingerprint density at radius 3 is 2.61 bits per heavy atom. The fourth-order valence-electron chi connectivity index (χ4n) is 1.60. The van der Waals surface area contributed by atoms with Gasteiger partial charge in [0.05, 0.1) is 10.7 Å². The monoisotopic (exact) mass is 266 g/mol. The van der Waals surface area contributed by atoms with Crippen molar-refractivity contribution in [3.8, 4) is 0 Å². The molecule has 0 unspecified atom stereocenters. The Labute approximate surface area is 109 Å². The Hall–Kier alpha value is -1.68. The van der Waals surface area contributed by atoms with Crippen molar-refractivity contribution in [2.24, 2.45) is 0 Å². The van der Waals surface area contributed by atoms with Crippen molar-refractivity contribution in [2.45, 2.75) is 19.9 Å². The van der Waals surface area contributed by atoms with Crippen LogP contribution in [0.5, 0.6) is 0 Å². The molecule has 94 valence electrons. The maximum atomic E-state index is 12.7. The van der Waals surface area contributed by atoms with E-state index in [1.165, 1.54) is 24.3 Å². The molecule has 0 fully saturated rings. The first-order valence-electron chi connectivity index (χ1n) is 5.54. The van der Waals surface area contributed by atoms with Gasteiger partial charge in [0.2, 0.25) is 0 Å². The average Bonchev–Trinajstić information content (AvgIpc) is 2.67. The molecular formula is C13H12ClFN2O. The molecule has 0 saturated heterocycles. The van der Waals surface area contributed by atoms with Gasteiger partial charge in [-0.2, -0.15) is 5.10 Å². The summed E-state index contributed by atoms with van der Waals surface area (Å²) in [4.78, 5) is 11.8. The van der Waals surface area contributed by atoms with Crippen molar-refractivity contribution in [3.05, 3.63) is 52.6 Å². The first kappa shape index (κ1) is 12.8. The number of aromatic nitrogens is 2. The lowest BCUT2D eigenvalue weighted by Crippen LogP contribution is -2.06. The molecule has 0 aliphatic rings. The zero-order valence-electron chi connectivity index (χ0n) is 9.86. The maximum absolute atomic E-state index is 12.7. The lowest BCUT2D eigenvalue weighted by atomic mass is 10.1. The minimum atomic E-state index is -0.346. The first-order valence-corrected chi connectivity index (χ1v) is 5.92. The summed E-state index contributed by atoms with van der Waals surface area (Å²) in [6.07, 6.45) is 2.00. The lowest BCUT2D eigenvalue weighted by Gasteiger charge is -2.01. The lowest BCUT2D eigenvalue weighted by molar-refractivity contribution is 0.0975. The highest BCUT2D eigenvalue weighted by molar-refractivity contribution is 6.31. The zero-order chi connectivity index (χ0) is 13.1. The molecule has 5 heteroatoms. The van der Waals surface area contributed by atoms with Crippen LogP contribution < -0.4 is 0 Å². The van der Waals surface area contributed by atoms with Crippen LogP contribution in [0.1, 0.15) is 22.5 Å². The predicted molar refractivity (Wildman–Crippen MR) is 67.3 cm³/mol. The Morgan fingerprint density at radius 1 is 1.39 bits per heavy atom. The van der Waals surface area contributed by atoms with Gasteiger partial charge >= 0.3 is 0 Å². The standard InChI is InChI=1S/C13H12ClFN2O/c1-9-12(14)8-17(16-9)7-6-13(18)10-2-4-11(15)5-3-10/h2-5,8H,6-7H2,1H3. The quantitative estimate of drug-likeness (QED) is 0.796. The topological polar surface area (TPSA) is 34.9 Å². The van der Waals surface area contributed by atoms with Crippen LogP contribution in [-0.2, 0) is 6.54 Å². The summed E-state index contributed by atoms with van der Waals surface area (Å²) in [6.45, 7) is 2.27. The minimum absolute atomic E-state index is 0.0423. The van der Waals surface area contributed by atoms with Crippen LogP contribution in [-0.4, -0.2) is 15.6 Å². The Kier molecular flexibility index (Phi) is 3.77. The second kappa shape index (κ2) is 5.31. The molecule has 0 spiro atoms. The van der Waals surface area contributed by atoms with Gasteiger partial charge in [0.15, 0.2) is 5.78 Å². The van der Waals surface area contributed by atoms with Crippen LogP contribution in [0.2, 0.25) is 5.02 Å². The van der Waals surface area contributed by atoms with Gasteiger partial charge in [0, 0.05) is 24.7 Å². The SMILES string of the molecule is Cc1nn(CCC(=O)c2ccc(F)cc2)cc1Cl. The van der Waals surface area contributed by atoms with E-state index in [0.717, 1.165) is 5.69 Å². The largest absolute Gasteiger partial charge is 0.294 e. The summed E-state index contributed by atoms with van der Waals surface area (Å²) in [7, 11) is 0. The molecule has 0 saturated carbocycles. The number of aryl methyl sites for hydroxylation is 2. The molecule has 0 atom stereocenters. The number of carbonyl (C=O) groups excluding carboxylic acids is 1. The molecule has 3 nitrogen and oxygen atoms in total. The number of hydrogen-bond acceptors (Lipinski definition) is 2. The van der Waals surface area contributed by atoms with Gasteiger partial charge in [-0.3, -0.25) is 9.48 Å². The Balaban J connectivity index is 1.98. The summed E-state index contributed by atoms with van der Waals surface area (Å²) in [5, 5.41) is 4.75. The Morgan fingerprint density at radius 2 is 2.06 bits per heavy atom. The molecule has 0 aliphatic heterocycles. The fourth-order valence-corrected chi connectivity index (χ4v) is 1.75. The smallest absolute Gasteiger partial charge is 0.164 e. The van der Waals surface area contributed by atoms with E-state index >= 15 is 0 Å². The maximum Gasteiger partial charge on any atom is 0.164 e. The second-order valence-electron chi connectivity index (χ2n) is 4.01. The van der Waals surface area contributed by atoms with Crippen LogP contribution in [0, 0.1) is 12.7 Å². The zero-order valence-corrected chi connectivity index (χ0v) is 10.6. The number of hydrogen-bond donors (Lipinski definition) is 0. The highest BCUT2D eigenvalue weighted by atomic mass is 35.5. The van der Waals surface area contributed by atoms with E-state index in [2.05, 4.69) is 5.10 Å². The van der Waals surface area contributed by atoms with E-state index in [4.69, 9.17) is 11.6 Å². The summed E-state index contributed by atoms with van der Waals surface area (Å²) in [6, 6.07) is 5.53. The van der Waals surface area contributed by atoms with E-state index < -0.39 is 0 Å². The molecule has 1 aromatic carbocycles.